The summed E-state index contributed by atoms with van der Waals surface area (Å²) < 4.78 is 0. The van der Waals surface area contributed by atoms with Gasteiger partial charge in [0, 0.05) is 57.3 Å². The summed E-state index contributed by atoms with van der Waals surface area (Å²) in [6, 6.07) is 16.7. The second-order valence-electron chi connectivity index (χ2n) is 7.50. The van der Waals surface area contributed by atoms with E-state index < -0.39 is 4.92 Å². The van der Waals surface area contributed by atoms with Crippen LogP contribution in [-0.2, 0) is 0 Å². The Kier molecular flexibility index (Phi) is 5.22. The van der Waals surface area contributed by atoms with Crippen LogP contribution in [-0.4, -0.2) is 61.0 Å². The topological polar surface area (TPSA) is 82.8 Å². The number of nitro benzene ring substituents is 1. The van der Waals surface area contributed by atoms with Crippen LogP contribution in [0.4, 0.5) is 17.2 Å². The van der Waals surface area contributed by atoms with Gasteiger partial charge in [-0.2, -0.15) is 0 Å². The summed E-state index contributed by atoms with van der Waals surface area (Å²) in [6.07, 6.45) is 0. The highest BCUT2D eigenvalue weighted by Gasteiger charge is 2.25. The second-order valence-corrected chi connectivity index (χ2v) is 7.50. The molecule has 0 unspecified atom stereocenters. The van der Waals surface area contributed by atoms with Gasteiger partial charge in [-0.3, -0.25) is 14.9 Å². The van der Waals surface area contributed by atoms with Crippen molar-refractivity contribution < 1.29 is 9.72 Å². The van der Waals surface area contributed by atoms with Crippen LogP contribution < -0.4 is 9.80 Å². The first-order valence-electron chi connectivity index (χ1n) is 9.80. The molecule has 2 aromatic carbocycles. The Morgan fingerprint density at radius 1 is 1.03 bits per heavy atom. The predicted octanol–water partition coefficient (Wildman–Crippen LogP) is 3.17. The molecule has 1 aliphatic heterocycles. The van der Waals surface area contributed by atoms with Gasteiger partial charge in [0.05, 0.1) is 10.4 Å². The van der Waals surface area contributed by atoms with Crippen molar-refractivity contribution in [1.29, 1.82) is 0 Å². The summed E-state index contributed by atoms with van der Waals surface area (Å²) in [5.41, 5.74) is 1.69. The molecule has 1 aromatic heterocycles. The van der Waals surface area contributed by atoms with E-state index in [2.05, 4.69) is 11.0 Å². The van der Waals surface area contributed by atoms with Crippen LogP contribution in [0, 0.1) is 10.1 Å². The van der Waals surface area contributed by atoms with E-state index in [0.29, 0.717) is 37.4 Å². The lowest BCUT2D eigenvalue weighted by molar-refractivity contribution is -0.384. The number of carbonyl (C=O) groups is 1. The number of benzene rings is 2. The fourth-order valence-corrected chi connectivity index (χ4v) is 3.73. The summed E-state index contributed by atoms with van der Waals surface area (Å²) in [5, 5.41) is 12.5. The average Bonchev–Trinajstić information content (AvgIpc) is 2.78. The van der Waals surface area contributed by atoms with E-state index >= 15 is 0 Å². The number of piperazine rings is 1. The molecule has 0 bridgehead atoms. The first-order valence-corrected chi connectivity index (χ1v) is 9.80. The number of hydrogen-bond donors (Lipinski definition) is 0. The number of anilines is 2. The van der Waals surface area contributed by atoms with Gasteiger partial charge in [0.2, 0.25) is 0 Å². The minimum absolute atomic E-state index is 0.0650. The first-order chi connectivity index (χ1) is 14.4. The molecular weight excluding hydrogens is 382 g/mol. The van der Waals surface area contributed by atoms with Crippen LogP contribution >= 0.6 is 0 Å². The van der Waals surface area contributed by atoms with Gasteiger partial charge in [0.25, 0.3) is 11.6 Å². The zero-order valence-corrected chi connectivity index (χ0v) is 17.0. The van der Waals surface area contributed by atoms with Gasteiger partial charge in [-0.05, 0) is 30.3 Å². The molecule has 30 heavy (non-hydrogen) atoms. The third-order valence-electron chi connectivity index (χ3n) is 5.38. The molecule has 2 heterocycles. The van der Waals surface area contributed by atoms with Crippen LogP contribution in [0.15, 0.2) is 54.6 Å². The molecule has 0 saturated carbocycles. The molecule has 0 spiro atoms. The van der Waals surface area contributed by atoms with E-state index in [9.17, 15) is 14.9 Å². The number of rotatable bonds is 4. The fourth-order valence-electron chi connectivity index (χ4n) is 3.73. The molecule has 0 radical (unpaired) electrons. The molecule has 8 heteroatoms. The first kappa shape index (κ1) is 19.6. The van der Waals surface area contributed by atoms with Gasteiger partial charge < -0.3 is 14.7 Å². The lowest BCUT2D eigenvalue weighted by atomic mass is 10.1. The van der Waals surface area contributed by atoms with Crippen LogP contribution in [0.5, 0.6) is 0 Å². The van der Waals surface area contributed by atoms with Gasteiger partial charge in [0.15, 0.2) is 0 Å². The molecule has 154 valence electrons. The number of aromatic nitrogens is 1. The second kappa shape index (κ2) is 7.98. The van der Waals surface area contributed by atoms with Gasteiger partial charge in [-0.25, -0.2) is 4.98 Å². The van der Waals surface area contributed by atoms with Crippen molar-refractivity contribution in [3.8, 4) is 0 Å². The highest BCUT2D eigenvalue weighted by Crippen LogP contribution is 2.28. The molecule has 4 rings (SSSR count). The maximum absolute atomic E-state index is 12.9. The Balaban J connectivity index is 1.47. The summed E-state index contributed by atoms with van der Waals surface area (Å²) in [6.45, 7) is 2.40. The fraction of sp³-hybridized carbons (Fsp3) is 0.273. The van der Waals surface area contributed by atoms with Crippen LogP contribution in [0.3, 0.4) is 0 Å². The third-order valence-corrected chi connectivity index (χ3v) is 5.38. The van der Waals surface area contributed by atoms with Crippen molar-refractivity contribution in [3.05, 3.63) is 70.3 Å². The molecule has 0 aliphatic carbocycles. The predicted molar refractivity (Wildman–Crippen MR) is 117 cm³/mol. The van der Waals surface area contributed by atoms with E-state index in [1.54, 1.807) is 36.0 Å². The van der Waals surface area contributed by atoms with Gasteiger partial charge in [0.1, 0.15) is 11.5 Å². The van der Waals surface area contributed by atoms with E-state index in [1.165, 1.54) is 6.07 Å². The molecule has 1 amide bonds. The van der Waals surface area contributed by atoms with E-state index in [4.69, 9.17) is 4.98 Å². The minimum Gasteiger partial charge on any atom is -0.372 e. The molecule has 1 saturated heterocycles. The van der Waals surface area contributed by atoms with Crippen LogP contribution in [0.2, 0.25) is 0 Å². The molecular formula is C22H23N5O3. The molecule has 0 N–H and O–H groups in total. The summed E-state index contributed by atoms with van der Waals surface area (Å²) in [5.74, 6) is 0.710. The lowest BCUT2D eigenvalue weighted by Crippen LogP contribution is -2.49. The third kappa shape index (κ3) is 3.76. The van der Waals surface area contributed by atoms with Crippen molar-refractivity contribution in [1.82, 2.24) is 9.88 Å². The zero-order chi connectivity index (χ0) is 21.3. The number of carbonyl (C=O) groups excluding carboxylic acids is 1. The van der Waals surface area contributed by atoms with Gasteiger partial charge in [-0.15, -0.1) is 0 Å². The molecule has 1 fully saturated rings. The molecule has 8 nitrogen and oxygen atoms in total. The summed E-state index contributed by atoms with van der Waals surface area (Å²) in [7, 11) is 3.48. The number of fused-ring (bicyclic) bond motifs is 1. The Labute approximate surface area is 174 Å². The van der Waals surface area contributed by atoms with Crippen molar-refractivity contribution in [2.75, 3.05) is 50.1 Å². The maximum atomic E-state index is 12.9. The largest absolute Gasteiger partial charge is 0.372 e. The Hall–Kier alpha value is -3.68. The van der Waals surface area contributed by atoms with Crippen LogP contribution in [0.25, 0.3) is 10.9 Å². The quantitative estimate of drug-likeness (QED) is 0.490. The highest BCUT2D eigenvalue weighted by molar-refractivity contribution is 5.96. The van der Waals surface area contributed by atoms with Gasteiger partial charge >= 0.3 is 0 Å². The van der Waals surface area contributed by atoms with Crippen molar-refractivity contribution >= 4 is 34.0 Å². The monoisotopic (exact) mass is 405 g/mol. The normalized spacial score (nSPS) is 14.1. The van der Waals surface area contributed by atoms with Crippen molar-refractivity contribution in [2.24, 2.45) is 0 Å². The van der Waals surface area contributed by atoms with E-state index in [-0.39, 0.29) is 11.6 Å². The number of nitrogens with zero attached hydrogens (tertiary/aromatic N) is 5. The van der Waals surface area contributed by atoms with Crippen molar-refractivity contribution in [2.45, 2.75) is 0 Å². The average molecular weight is 405 g/mol. The SMILES string of the molecule is CN(C)c1ccc(C(=O)N2CCN(c3ccc4ccccc4n3)CC2)cc1[N+](=O)[O-]. The molecule has 0 atom stereocenters. The van der Waals surface area contributed by atoms with E-state index in [1.807, 2.05) is 30.3 Å². The highest BCUT2D eigenvalue weighted by atomic mass is 16.6. The summed E-state index contributed by atoms with van der Waals surface area (Å²) in [4.78, 5) is 34.2. The van der Waals surface area contributed by atoms with E-state index in [0.717, 1.165) is 16.7 Å². The number of amides is 1. The maximum Gasteiger partial charge on any atom is 0.293 e. The zero-order valence-electron chi connectivity index (χ0n) is 17.0. The minimum atomic E-state index is -0.449. The lowest BCUT2D eigenvalue weighted by Gasteiger charge is -2.35. The standard InChI is InChI=1S/C22H23N5O3/c1-24(2)19-9-7-17(15-20(19)27(29)30)22(28)26-13-11-25(12-14-26)21-10-8-16-5-3-4-6-18(16)23-21/h3-10,15H,11-14H2,1-2H3. The van der Waals surface area contributed by atoms with Crippen LogP contribution in [0.1, 0.15) is 10.4 Å². The number of hydrogen-bond acceptors (Lipinski definition) is 6. The summed E-state index contributed by atoms with van der Waals surface area (Å²) >= 11 is 0. The Morgan fingerprint density at radius 2 is 1.77 bits per heavy atom. The van der Waals surface area contributed by atoms with Crippen molar-refractivity contribution in [3.63, 3.8) is 0 Å². The molecule has 3 aromatic rings. The van der Waals surface area contributed by atoms with Gasteiger partial charge in [-0.1, -0.05) is 18.2 Å². The Morgan fingerprint density at radius 3 is 2.47 bits per heavy atom. The number of pyridine rings is 1. The number of para-hydroxylation sites is 1. The Bertz CT molecular complexity index is 1110. The molecule has 1 aliphatic rings. The number of nitro groups is 1. The smallest absolute Gasteiger partial charge is 0.293 e.